The quantitative estimate of drug-likeness (QED) is 0.415. The molecule has 2 aromatic carbocycles. The number of fused-ring (bicyclic) bond motifs is 1. The Labute approximate surface area is 192 Å². The molecule has 34 heavy (non-hydrogen) atoms. The van der Waals surface area contributed by atoms with Gasteiger partial charge in [0.15, 0.2) is 17.2 Å². The van der Waals surface area contributed by atoms with Gasteiger partial charge < -0.3 is 10.5 Å². The minimum Gasteiger partial charge on any atom is -0.453 e. The van der Waals surface area contributed by atoms with Crippen molar-refractivity contribution in [3.05, 3.63) is 72.1 Å². The highest BCUT2D eigenvalue weighted by Gasteiger charge is 2.57. The van der Waals surface area contributed by atoms with Gasteiger partial charge in [-0.05, 0) is 56.2 Å². The molecule has 2 amide bonds. The summed E-state index contributed by atoms with van der Waals surface area (Å²) in [6, 6.07) is 9.09. The first-order valence-electron chi connectivity index (χ1n) is 10.5. The molecule has 1 fully saturated rings. The zero-order valence-corrected chi connectivity index (χ0v) is 18.0. The molecule has 1 aliphatic rings. The number of amides is 2. The molecule has 0 aliphatic heterocycles. The van der Waals surface area contributed by atoms with Crippen LogP contribution >= 0.6 is 0 Å². The number of primary amides is 1. The van der Waals surface area contributed by atoms with Gasteiger partial charge in [-0.2, -0.15) is 5.10 Å². The van der Waals surface area contributed by atoms with Crippen LogP contribution in [0, 0.1) is 24.0 Å². The Hall–Kier alpha value is -4.34. The molecular weight excluding hydrogens is 444 g/mol. The van der Waals surface area contributed by atoms with Crippen molar-refractivity contribution in [3.63, 3.8) is 0 Å². The largest absolute Gasteiger partial charge is 0.453 e. The Morgan fingerprint density at radius 1 is 1.09 bits per heavy atom. The molecule has 3 N–H and O–H groups in total. The minimum atomic E-state index is -1.36. The highest BCUT2D eigenvalue weighted by atomic mass is 19.1. The summed E-state index contributed by atoms with van der Waals surface area (Å²) in [6.45, 7) is 1.77. The van der Waals surface area contributed by atoms with E-state index in [0.717, 1.165) is 6.07 Å². The van der Waals surface area contributed by atoms with Crippen molar-refractivity contribution >= 4 is 34.2 Å². The summed E-state index contributed by atoms with van der Waals surface area (Å²) in [5.41, 5.74) is 5.72. The molecule has 1 aliphatic carbocycles. The molecule has 4 aromatic rings. The first-order valence-corrected chi connectivity index (χ1v) is 10.5. The summed E-state index contributed by atoms with van der Waals surface area (Å²) >= 11 is 0. The van der Waals surface area contributed by atoms with E-state index in [4.69, 9.17) is 10.5 Å². The zero-order valence-electron chi connectivity index (χ0n) is 18.0. The van der Waals surface area contributed by atoms with E-state index in [1.54, 1.807) is 13.1 Å². The maximum absolute atomic E-state index is 15.2. The number of anilines is 2. The van der Waals surface area contributed by atoms with Crippen molar-refractivity contribution in [2.45, 2.75) is 19.8 Å². The number of hydrogen-bond acceptors (Lipinski definition) is 5. The fourth-order valence-electron chi connectivity index (χ4n) is 3.81. The van der Waals surface area contributed by atoms with Crippen LogP contribution in [0.15, 0.2) is 54.9 Å². The third kappa shape index (κ3) is 3.53. The van der Waals surface area contributed by atoms with Gasteiger partial charge in [0.05, 0.1) is 17.3 Å². The maximum atomic E-state index is 15.2. The molecule has 0 saturated heterocycles. The Bertz CT molecular complexity index is 1430. The number of halogens is 2. The number of ether oxygens (including phenoxy) is 1. The topological polar surface area (TPSA) is 114 Å². The highest BCUT2D eigenvalue weighted by molar-refractivity contribution is 6.16. The first-order chi connectivity index (χ1) is 16.3. The predicted octanol–water partition coefficient (Wildman–Crippen LogP) is 4.27. The number of nitrogens with two attached hydrogens (primary N) is 1. The molecule has 0 radical (unpaired) electrons. The smallest absolute Gasteiger partial charge is 0.247 e. The number of aromatic amines is 1. The fraction of sp³-hybridized carbons (Fsp3) is 0.167. The van der Waals surface area contributed by atoms with E-state index in [0.29, 0.717) is 35.2 Å². The molecule has 0 bridgehead atoms. The van der Waals surface area contributed by atoms with Gasteiger partial charge in [0.25, 0.3) is 0 Å². The summed E-state index contributed by atoms with van der Waals surface area (Å²) in [4.78, 5) is 30.7. The van der Waals surface area contributed by atoms with Crippen LogP contribution in [0.2, 0.25) is 0 Å². The second-order valence-electron chi connectivity index (χ2n) is 8.18. The van der Waals surface area contributed by atoms with E-state index < -0.39 is 28.9 Å². The van der Waals surface area contributed by atoms with E-state index in [1.165, 1.54) is 47.5 Å². The average molecular weight is 463 g/mol. The standard InChI is InChI=1S/C24H19F2N5O3/c1-13-11-28-21-17(12-29-30-21)20(13)34-19-7-6-16(10-18(19)26)31(15-4-2-14(25)3-5-15)23(33)24(8-9-24)22(27)32/h2-7,10-12H,8-9H2,1H3,(H2,27,32)(H,28,29,30). The van der Waals surface area contributed by atoms with Gasteiger partial charge in [-0.25, -0.2) is 13.8 Å². The normalized spacial score (nSPS) is 14.1. The van der Waals surface area contributed by atoms with Gasteiger partial charge in [-0.1, -0.05) is 0 Å². The number of hydrogen-bond donors (Lipinski definition) is 2. The average Bonchev–Trinajstić information content (AvgIpc) is 3.50. The van der Waals surface area contributed by atoms with E-state index in [1.807, 2.05) is 0 Å². The number of carbonyl (C=O) groups is 2. The number of nitrogens with one attached hydrogen (secondary N) is 1. The lowest BCUT2D eigenvalue weighted by atomic mass is 10.0. The molecular formula is C24H19F2N5O3. The summed E-state index contributed by atoms with van der Waals surface area (Å²) < 4.78 is 34.6. The number of benzene rings is 2. The molecule has 2 heterocycles. The number of nitrogens with zero attached hydrogens (tertiary/aromatic N) is 3. The zero-order chi connectivity index (χ0) is 24.0. The number of rotatable bonds is 6. The van der Waals surface area contributed by atoms with Crippen LogP contribution in [-0.2, 0) is 9.59 Å². The molecule has 0 atom stereocenters. The van der Waals surface area contributed by atoms with E-state index in [-0.39, 0.29) is 17.1 Å². The Morgan fingerprint density at radius 3 is 2.44 bits per heavy atom. The lowest BCUT2D eigenvalue weighted by Crippen LogP contribution is -2.41. The van der Waals surface area contributed by atoms with Gasteiger partial charge in [0, 0.05) is 23.5 Å². The van der Waals surface area contributed by atoms with Crippen molar-refractivity contribution in [3.8, 4) is 11.5 Å². The van der Waals surface area contributed by atoms with E-state index in [2.05, 4.69) is 15.2 Å². The lowest BCUT2D eigenvalue weighted by Gasteiger charge is -2.26. The second kappa shape index (κ2) is 7.91. The summed E-state index contributed by atoms with van der Waals surface area (Å²) in [5.74, 6) is -2.27. The van der Waals surface area contributed by atoms with Crippen molar-refractivity contribution in [1.29, 1.82) is 0 Å². The van der Waals surface area contributed by atoms with E-state index >= 15 is 4.39 Å². The molecule has 10 heteroatoms. The van der Waals surface area contributed by atoms with Gasteiger partial charge in [0.1, 0.15) is 17.0 Å². The fourth-order valence-corrected chi connectivity index (χ4v) is 3.81. The van der Waals surface area contributed by atoms with Crippen molar-refractivity contribution in [1.82, 2.24) is 15.2 Å². The number of H-pyrrole nitrogens is 1. The van der Waals surface area contributed by atoms with Crippen molar-refractivity contribution < 1.29 is 23.1 Å². The number of pyridine rings is 1. The summed E-state index contributed by atoms with van der Waals surface area (Å²) in [5, 5.41) is 7.26. The van der Waals surface area contributed by atoms with Crippen LogP contribution in [0.5, 0.6) is 11.5 Å². The lowest BCUT2D eigenvalue weighted by molar-refractivity contribution is -0.133. The number of aryl methyl sites for hydroxylation is 1. The van der Waals surface area contributed by atoms with Gasteiger partial charge >= 0.3 is 0 Å². The van der Waals surface area contributed by atoms with Crippen LogP contribution < -0.4 is 15.4 Å². The van der Waals surface area contributed by atoms with Crippen LogP contribution in [0.25, 0.3) is 11.0 Å². The molecule has 0 spiro atoms. The summed E-state index contributed by atoms with van der Waals surface area (Å²) in [7, 11) is 0. The van der Waals surface area contributed by atoms with Gasteiger partial charge in [0.2, 0.25) is 11.8 Å². The van der Waals surface area contributed by atoms with E-state index in [9.17, 15) is 14.0 Å². The van der Waals surface area contributed by atoms with Crippen molar-refractivity contribution in [2.75, 3.05) is 4.90 Å². The van der Waals surface area contributed by atoms with Crippen LogP contribution in [-0.4, -0.2) is 27.0 Å². The second-order valence-corrected chi connectivity index (χ2v) is 8.18. The van der Waals surface area contributed by atoms with Gasteiger partial charge in [-0.3, -0.25) is 19.6 Å². The molecule has 0 unspecified atom stereocenters. The van der Waals surface area contributed by atoms with Crippen LogP contribution in [0.1, 0.15) is 18.4 Å². The Kier molecular flexibility index (Phi) is 5.00. The number of aromatic nitrogens is 3. The monoisotopic (exact) mass is 463 g/mol. The molecule has 8 nitrogen and oxygen atoms in total. The molecule has 1 saturated carbocycles. The first kappa shape index (κ1) is 21.5. The van der Waals surface area contributed by atoms with Crippen LogP contribution in [0.4, 0.5) is 20.2 Å². The minimum absolute atomic E-state index is 0.0805. The molecule has 172 valence electrons. The van der Waals surface area contributed by atoms with Crippen LogP contribution in [0.3, 0.4) is 0 Å². The third-order valence-corrected chi connectivity index (χ3v) is 5.91. The third-order valence-electron chi connectivity index (χ3n) is 5.91. The molecule has 5 rings (SSSR count). The Balaban J connectivity index is 1.54. The van der Waals surface area contributed by atoms with Crippen molar-refractivity contribution in [2.24, 2.45) is 11.1 Å². The summed E-state index contributed by atoms with van der Waals surface area (Å²) in [6.07, 6.45) is 3.70. The Morgan fingerprint density at radius 2 is 1.79 bits per heavy atom. The highest BCUT2D eigenvalue weighted by Crippen LogP contribution is 2.49. The molecule has 2 aromatic heterocycles. The maximum Gasteiger partial charge on any atom is 0.247 e. The predicted molar refractivity (Wildman–Crippen MR) is 120 cm³/mol. The SMILES string of the molecule is Cc1cnc2[nH]ncc2c1Oc1ccc(N(C(=O)C2(C(N)=O)CC2)c2ccc(F)cc2)cc1F. The number of carbonyl (C=O) groups excluding carboxylic acids is 2. The van der Waals surface area contributed by atoms with Gasteiger partial charge in [-0.15, -0.1) is 0 Å².